The lowest BCUT2D eigenvalue weighted by Crippen LogP contribution is -2.49. The second-order valence-electron chi connectivity index (χ2n) is 6.14. The number of aromatic amines is 1. The smallest absolute Gasteiger partial charge is 0.267 e. The number of benzene rings is 1. The molecule has 0 atom stereocenters. The Hall–Kier alpha value is -1.93. The number of nitrogens with one attached hydrogen (secondary N) is 2. The Morgan fingerprint density at radius 1 is 1.24 bits per heavy atom. The monoisotopic (exact) mass is 410 g/mol. The zero-order valence-electron chi connectivity index (χ0n) is 13.9. The Bertz CT molecular complexity index is 799. The Morgan fingerprint density at radius 3 is 2.64 bits per heavy atom. The molecule has 1 fully saturated rings. The van der Waals surface area contributed by atoms with Crippen LogP contribution < -0.4 is 5.32 Å². The predicted octanol–water partition coefficient (Wildman–Crippen LogP) is 1.96. The van der Waals surface area contributed by atoms with Gasteiger partial charge in [0.1, 0.15) is 11.5 Å². The van der Waals surface area contributed by atoms with Crippen molar-refractivity contribution >= 4 is 38.6 Å². The van der Waals surface area contributed by atoms with Crippen LogP contribution in [0, 0.1) is 5.82 Å². The van der Waals surface area contributed by atoms with Gasteiger partial charge in [-0.1, -0.05) is 15.9 Å². The third-order valence-corrected chi connectivity index (χ3v) is 4.89. The minimum absolute atomic E-state index is 0.102. The first kappa shape index (κ1) is 17.9. The van der Waals surface area contributed by atoms with Crippen LogP contribution in [0.15, 0.2) is 22.7 Å². The molecule has 1 aromatic heterocycles. The van der Waals surface area contributed by atoms with Gasteiger partial charge in [-0.2, -0.15) is 0 Å². The third-order valence-electron chi connectivity index (χ3n) is 4.43. The second-order valence-corrected chi connectivity index (χ2v) is 7.05. The maximum atomic E-state index is 13.9. The molecule has 2 amide bonds. The van der Waals surface area contributed by atoms with Crippen LogP contribution in [0.3, 0.4) is 0 Å². The fraction of sp³-hybridized carbons (Fsp3) is 0.412. The Kier molecular flexibility index (Phi) is 5.39. The highest BCUT2D eigenvalue weighted by Crippen LogP contribution is 2.23. The topological polar surface area (TPSA) is 68.4 Å². The Balaban J connectivity index is 1.52. The lowest BCUT2D eigenvalue weighted by Gasteiger charge is -2.34. The van der Waals surface area contributed by atoms with Gasteiger partial charge in [-0.05, 0) is 18.2 Å². The number of hydrogen-bond donors (Lipinski definition) is 2. The highest BCUT2D eigenvalue weighted by molar-refractivity contribution is 9.10. The zero-order chi connectivity index (χ0) is 18.0. The molecule has 0 aliphatic carbocycles. The summed E-state index contributed by atoms with van der Waals surface area (Å²) in [5.74, 6) is -0.525. The van der Waals surface area contributed by atoms with Crippen molar-refractivity contribution in [2.24, 2.45) is 0 Å². The van der Waals surface area contributed by atoms with Gasteiger partial charge in [0.15, 0.2) is 0 Å². The maximum Gasteiger partial charge on any atom is 0.267 e. The summed E-state index contributed by atoms with van der Waals surface area (Å²) >= 11 is 3.24. The van der Waals surface area contributed by atoms with Crippen molar-refractivity contribution in [1.29, 1.82) is 0 Å². The quantitative estimate of drug-likeness (QED) is 0.809. The van der Waals surface area contributed by atoms with Crippen LogP contribution in [-0.4, -0.2) is 65.9 Å². The van der Waals surface area contributed by atoms with Crippen LogP contribution in [0.2, 0.25) is 0 Å². The molecule has 1 aliphatic heterocycles. The van der Waals surface area contributed by atoms with E-state index < -0.39 is 0 Å². The van der Waals surface area contributed by atoms with Crippen molar-refractivity contribution in [3.05, 3.63) is 34.2 Å². The van der Waals surface area contributed by atoms with Crippen LogP contribution in [0.4, 0.5) is 4.39 Å². The zero-order valence-corrected chi connectivity index (χ0v) is 15.5. The van der Waals surface area contributed by atoms with E-state index in [2.05, 4.69) is 31.1 Å². The van der Waals surface area contributed by atoms with Gasteiger partial charge in [0.05, 0.1) is 5.52 Å². The standard InChI is InChI=1S/C17H20BrFN4O2/c1-11(24)23-6-4-22(5-7-23)3-2-20-17(25)16-10-13-14(19)8-12(18)9-15(13)21-16/h8-10,21H,2-7H2,1H3,(H,20,25). The summed E-state index contributed by atoms with van der Waals surface area (Å²) in [4.78, 5) is 30.5. The molecule has 1 aliphatic rings. The molecule has 25 heavy (non-hydrogen) atoms. The first-order valence-corrected chi connectivity index (χ1v) is 8.97. The van der Waals surface area contributed by atoms with E-state index in [-0.39, 0.29) is 17.6 Å². The summed E-state index contributed by atoms with van der Waals surface area (Å²) in [6.45, 7) is 5.86. The molecule has 0 unspecified atom stereocenters. The molecule has 0 bridgehead atoms. The maximum absolute atomic E-state index is 13.9. The Labute approximate surface area is 153 Å². The number of piperazine rings is 1. The van der Waals surface area contributed by atoms with Gasteiger partial charge in [-0.25, -0.2) is 4.39 Å². The van der Waals surface area contributed by atoms with Gasteiger partial charge in [0, 0.05) is 56.1 Å². The highest BCUT2D eigenvalue weighted by Gasteiger charge is 2.18. The lowest BCUT2D eigenvalue weighted by molar-refractivity contribution is -0.130. The number of fused-ring (bicyclic) bond motifs is 1. The van der Waals surface area contributed by atoms with Gasteiger partial charge in [0.25, 0.3) is 5.91 Å². The largest absolute Gasteiger partial charge is 0.350 e. The van der Waals surface area contributed by atoms with Crippen LogP contribution in [0.5, 0.6) is 0 Å². The van der Waals surface area contributed by atoms with Crippen LogP contribution in [0.25, 0.3) is 10.9 Å². The fourth-order valence-electron chi connectivity index (χ4n) is 2.99. The van der Waals surface area contributed by atoms with Crippen molar-refractivity contribution in [2.45, 2.75) is 6.92 Å². The van der Waals surface area contributed by atoms with Gasteiger partial charge in [-0.3, -0.25) is 14.5 Å². The van der Waals surface area contributed by atoms with E-state index in [0.717, 1.165) is 32.7 Å². The molecular formula is C17H20BrFN4O2. The number of carbonyl (C=O) groups is 2. The lowest BCUT2D eigenvalue weighted by atomic mass is 10.2. The minimum Gasteiger partial charge on any atom is -0.350 e. The van der Waals surface area contributed by atoms with Gasteiger partial charge in [-0.15, -0.1) is 0 Å². The molecule has 6 nitrogen and oxygen atoms in total. The third kappa shape index (κ3) is 4.19. The van der Waals surface area contributed by atoms with Crippen molar-refractivity contribution in [3.63, 3.8) is 0 Å². The molecule has 2 heterocycles. The van der Waals surface area contributed by atoms with Gasteiger partial charge < -0.3 is 15.2 Å². The van der Waals surface area contributed by atoms with Crippen molar-refractivity contribution in [2.75, 3.05) is 39.3 Å². The van der Waals surface area contributed by atoms with Gasteiger partial charge >= 0.3 is 0 Å². The molecule has 1 saturated heterocycles. The number of aromatic nitrogens is 1. The second kappa shape index (κ2) is 7.53. The summed E-state index contributed by atoms with van der Waals surface area (Å²) < 4.78 is 14.5. The van der Waals surface area contributed by atoms with E-state index in [1.807, 2.05) is 4.90 Å². The SMILES string of the molecule is CC(=O)N1CCN(CCNC(=O)c2cc3c(F)cc(Br)cc3[nH]2)CC1. The minimum atomic E-state index is -0.372. The Morgan fingerprint density at radius 2 is 1.96 bits per heavy atom. The number of carbonyl (C=O) groups excluding carboxylic acids is 2. The molecule has 0 saturated carbocycles. The average molecular weight is 411 g/mol. The average Bonchev–Trinajstić information content (AvgIpc) is 2.99. The molecule has 8 heteroatoms. The number of halogens is 2. The number of nitrogens with zero attached hydrogens (tertiary/aromatic N) is 2. The summed E-state index contributed by atoms with van der Waals surface area (Å²) in [5.41, 5.74) is 0.922. The molecule has 2 N–H and O–H groups in total. The van der Waals surface area contributed by atoms with E-state index in [1.165, 1.54) is 12.1 Å². The molecule has 134 valence electrons. The molecule has 0 radical (unpaired) electrons. The first-order valence-electron chi connectivity index (χ1n) is 8.18. The van der Waals surface area contributed by atoms with Crippen molar-refractivity contribution in [1.82, 2.24) is 20.1 Å². The summed E-state index contributed by atoms with van der Waals surface area (Å²) in [6, 6.07) is 4.64. The molecule has 1 aromatic carbocycles. The number of H-pyrrole nitrogens is 1. The van der Waals surface area contributed by atoms with E-state index in [0.29, 0.717) is 27.6 Å². The predicted molar refractivity (Wildman–Crippen MR) is 97.0 cm³/mol. The summed E-state index contributed by atoms with van der Waals surface area (Å²) in [5, 5.41) is 3.25. The number of rotatable bonds is 4. The number of amides is 2. The van der Waals surface area contributed by atoms with Crippen LogP contribution in [-0.2, 0) is 4.79 Å². The summed E-state index contributed by atoms with van der Waals surface area (Å²) in [7, 11) is 0. The van der Waals surface area contributed by atoms with E-state index in [1.54, 1.807) is 13.0 Å². The van der Waals surface area contributed by atoms with Crippen molar-refractivity contribution < 1.29 is 14.0 Å². The molecule has 3 rings (SSSR count). The van der Waals surface area contributed by atoms with E-state index in [9.17, 15) is 14.0 Å². The van der Waals surface area contributed by atoms with Crippen LogP contribution in [0.1, 0.15) is 17.4 Å². The number of hydrogen-bond acceptors (Lipinski definition) is 3. The van der Waals surface area contributed by atoms with Crippen molar-refractivity contribution in [3.8, 4) is 0 Å². The fourth-order valence-corrected chi connectivity index (χ4v) is 3.42. The summed E-state index contributed by atoms with van der Waals surface area (Å²) in [6.07, 6.45) is 0. The molecular weight excluding hydrogens is 391 g/mol. The molecule has 2 aromatic rings. The van der Waals surface area contributed by atoms with Gasteiger partial charge in [0.2, 0.25) is 5.91 Å². The highest BCUT2D eigenvalue weighted by atomic mass is 79.9. The van der Waals surface area contributed by atoms with E-state index >= 15 is 0 Å². The van der Waals surface area contributed by atoms with E-state index in [4.69, 9.17) is 0 Å². The normalized spacial score (nSPS) is 15.6. The molecule has 0 spiro atoms. The first-order chi connectivity index (χ1) is 11.9. The van der Waals surface area contributed by atoms with Crippen LogP contribution >= 0.6 is 15.9 Å².